The van der Waals surface area contributed by atoms with Crippen LogP contribution in [0.2, 0.25) is 0 Å². The minimum atomic E-state index is 1.25. The summed E-state index contributed by atoms with van der Waals surface area (Å²) in [7, 11) is 0. The number of hydrogen-bond donors (Lipinski definition) is 0. The van der Waals surface area contributed by atoms with E-state index in [0.717, 1.165) is 0 Å². The fourth-order valence-corrected chi connectivity index (χ4v) is 1.60. The molecule has 0 heteroatoms. The van der Waals surface area contributed by atoms with Gasteiger partial charge in [0.2, 0.25) is 0 Å². The molecule has 0 heterocycles. The molecule has 156 valence electrons. The molecule has 0 bridgehead atoms. The Kier molecular flexibility index (Phi) is 29.2. The molecule has 0 unspecified atom stereocenters. The number of aryl methyl sites for hydroxylation is 3. The zero-order valence-corrected chi connectivity index (χ0v) is 19.9. The van der Waals surface area contributed by atoms with Gasteiger partial charge in [-0.3, -0.25) is 0 Å². The normalized spacial score (nSPS) is 7.61. The maximum Gasteiger partial charge on any atom is -0.0398 e. The first-order valence-corrected chi connectivity index (χ1v) is 10.6. The largest absolute Gasteiger partial charge is 0.0683 e. The summed E-state index contributed by atoms with van der Waals surface area (Å²) < 4.78 is 0. The zero-order valence-electron chi connectivity index (χ0n) is 19.9. The molecular formula is C28H44. The third-order valence-electron chi connectivity index (χ3n) is 2.82. The van der Waals surface area contributed by atoms with Gasteiger partial charge in [0, 0.05) is 0 Å². The second-order valence-electron chi connectivity index (χ2n) is 5.67. The molecule has 0 spiro atoms. The van der Waals surface area contributed by atoms with Gasteiger partial charge in [0.1, 0.15) is 0 Å². The maximum atomic E-state index is 2.12. The Morgan fingerprint density at radius 3 is 0.607 bits per heavy atom. The smallest absolute Gasteiger partial charge is 0.0398 e. The lowest BCUT2D eigenvalue weighted by Crippen LogP contribution is -1.62. The standard InChI is InChI=1S/3C7H8.C3H8.2C2H6/c3*1-7-5-3-2-4-6-7;1-3-2;2*1-2/h3*2-6H,1H3;3H2,1-2H3;2*1-2H3. The highest BCUT2D eigenvalue weighted by Gasteiger charge is 1.73. The fraction of sp³-hybridized carbons (Fsp3) is 0.357. The molecule has 0 aromatic heterocycles. The van der Waals surface area contributed by atoms with Crippen molar-refractivity contribution in [2.45, 2.75) is 68.7 Å². The van der Waals surface area contributed by atoms with Gasteiger partial charge in [-0.1, -0.05) is 156 Å². The molecule has 3 rings (SSSR count). The second kappa shape index (κ2) is 26.9. The van der Waals surface area contributed by atoms with E-state index in [4.69, 9.17) is 0 Å². The highest BCUT2D eigenvalue weighted by atomic mass is 13.8. The lowest BCUT2D eigenvalue weighted by molar-refractivity contribution is 1.09. The van der Waals surface area contributed by atoms with Gasteiger partial charge in [0.15, 0.2) is 0 Å². The number of hydrogen-bond acceptors (Lipinski definition) is 0. The van der Waals surface area contributed by atoms with Crippen LogP contribution in [-0.2, 0) is 0 Å². The SMILES string of the molecule is CC.CC.CCC.Cc1ccccc1.Cc1ccccc1.Cc1ccccc1. The lowest BCUT2D eigenvalue weighted by atomic mass is 10.2. The molecule has 0 saturated carbocycles. The summed E-state index contributed by atoms with van der Waals surface area (Å²) in [5.41, 5.74) is 3.97. The van der Waals surface area contributed by atoms with Crippen LogP contribution in [0.1, 0.15) is 64.7 Å². The Bertz CT molecular complexity index is 494. The van der Waals surface area contributed by atoms with Crippen LogP contribution in [0.25, 0.3) is 0 Å². The van der Waals surface area contributed by atoms with Crippen molar-refractivity contribution in [2.75, 3.05) is 0 Å². The summed E-state index contributed by atoms with van der Waals surface area (Å²) in [6.07, 6.45) is 1.25. The average Bonchev–Trinajstić information content (AvgIpc) is 2.74. The van der Waals surface area contributed by atoms with Crippen molar-refractivity contribution in [3.8, 4) is 0 Å². The molecule has 0 aliphatic carbocycles. The van der Waals surface area contributed by atoms with E-state index in [1.165, 1.54) is 23.1 Å². The van der Waals surface area contributed by atoms with E-state index in [1.54, 1.807) is 0 Å². The molecule has 0 amide bonds. The van der Waals surface area contributed by atoms with Crippen LogP contribution in [0.5, 0.6) is 0 Å². The van der Waals surface area contributed by atoms with Crippen molar-refractivity contribution in [2.24, 2.45) is 0 Å². The summed E-state index contributed by atoms with van der Waals surface area (Å²) in [5, 5.41) is 0. The lowest BCUT2D eigenvalue weighted by Gasteiger charge is -1.82. The average molecular weight is 381 g/mol. The molecule has 0 aliphatic rings. The van der Waals surface area contributed by atoms with Crippen LogP contribution < -0.4 is 0 Å². The van der Waals surface area contributed by atoms with Gasteiger partial charge in [0.25, 0.3) is 0 Å². The van der Waals surface area contributed by atoms with Crippen LogP contribution in [0.15, 0.2) is 91.0 Å². The van der Waals surface area contributed by atoms with Gasteiger partial charge in [-0.2, -0.15) is 0 Å². The molecule has 3 aromatic rings. The fourth-order valence-electron chi connectivity index (χ4n) is 1.60. The third kappa shape index (κ3) is 25.9. The summed E-state index contributed by atoms with van der Waals surface area (Å²) >= 11 is 0. The Hall–Kier alpha value is -2.34. The molecule has 0 fully saturated rings. The van der Waals surface area contributed by atoms with E-state index in [9.17, 15) is 0 Å². The Morgan fingerprint density at radius 1 is 0.393 bits per heavy atom. The molecule has 0 aliphatic heterocycles. The van der Waals surface area contributed by atoms with Crippen molar-refractivity contribution >= 4 is 0 Å². The van der Waals surface area contributed by atoms with E-state index in [-0.39, 0.29) is 0 Å². The predicted molar refractivity (Wildman–Crippen MR) is 132 cm³/mol. The summed E-state index contributed by atoms with van der Waals surface area (Å²) in [4.78, 5) is 0. The molecule has 0 radical (unpaired) electrons. The van der Waals surface area contributed by atoms with Gasteiger partial charge in [-0.25, -0.2) is 0 Å². The van der Waals surface area contributed by atoms with Crippen molar-refractivity contribution in [1.82, 2.24) is 0 Å². The minimum absolute atomic E-state index is 1.25. The van der Waals surface area contributed by atoms with Crippen LogP contribution in [0, 0.1) is 20.8 Å². The van der Waals surface area contributed by atoms with Gasteiger partial charge < -0.3 is 0 Å². The number of rotatable bonds is 0. The summed E-state index contributed by atoms with van der Waals surface area (Å²) in [6, 6.07) is 30.8. The van der Waals surface area contributed by atoms with Gasteiger partial charge in [-0.15, -0.1) is 0 Å². The first-order chi connectivity index (χ1) is 13.6. The molecule has 0 atom stereocenters. The van der Waals surface area contributed by atoms with E-state index in [0.29, 0.717) is 0 Å². The highest BCUT2D eigenvalue weighted by molar-refractivity contribution is 5.12. The molecule has 28 heavy (non-hydrogen) atoms. The van der Waals surface area contributed by atoms with Crippen molar-refractivity contribution in [3.63, 3.8) is 0 Å². The molecular weight excluding hydrogens is 336 g/mol. The second-order valence-corrected chi connectivity index (χ2v) is 5.67. The minimum Gasteiger partial charge on any atom is -0.0683 e. The van der Waals surface area contributed by atoms with Crippen LogP contribution in [-0.4, -0.2) is 0 Å². The molecule has 3 aromatic carbocycles. The summed E-state index contributed by atoms with van der Waals surface area (Å²) in [5.74, 6) is 0. The molecule has 0 nitrogen and oxygen atoms in total. The maximum absolute atomic E-state index is 2.12. The Balaban J connectivity index is -0.000000289. The van der Waals surface area contributed by atoms with Crippen LogP contribution >= 0.6 is 0 Å². The predicted octanol–water partition coefficient (Wildman–Crippen LogP) is 9.45. The quantitative estimate of drug-likeness (QED) is 0.364. The van der Waals surface area contributed by atoms with Gasteiger partial charge in [0.05, 0.1) is 0 Å². The van der Waals surface area contributed by atoms with E-state index >= 15 is 0 Å². The van der Waals surface area contributed by atoms with Crippen molar-refractivity contribution in [3.05, 3.63) is 108 Å². The Morgan fingerprint density at radius 2 is 0.536 bits per heavy atom. The monoisotopic (exact) mass is 380 g/mol. The van der Waals surface area contributed by atoms with Crippen LogP contribution in [0.3, 0.4) is 0 Å². The first-order valence-electron chi connectivity index (χ1n) is 10.6. The zero-order chi connectivity index (χ0) is 22.0. The van der Waals surface area contributed by atoms with E-state index in [2.05, 4.69) is 71.0 Å². The summed E-state index contributed by atoms with van der Waals surface area (Å²) in [6.45, 7) is 18.5. The van der Waals surface area contributed by atoms with Crippen molar-refractivity contribution in [1.29, 1.82) is 0 Å². The van der Waals surface area contributed by atoms with E-state index < -0.39 is 0 Å². The topological polar surface area (TPSA) is 0 Å². The Labute approximate surface area is 176 Å². The first kappa shape index (κ1) is 30.4. The van der Waals surface area contributed by atoms with Crippen LogP contribution in [0.4, 0.5) is 0 Å². The van der Waals surface area contributed by atoms with E-state index in [1.807, 2.05) is 82.3 Å². The van der Waals surface area contributed by atoms with Gasteiger partial charge in [-0.05, 0) is 20.8 Å². The number of benzene rings is 3. The molecule has 0 N–H and O–H groups in total. The highest BCUT2D eigenvalue weighted by Crippen LogP contribution is 1.93. The van der Waals surface area contributed by atoms with Gasteiger partial charge >= 0.3 is 0 Å². The third-order valence-corrected chi connectivity index (χ3v) is 2.82. The molecule has 0 saturated heterocycles. The van der Waals surface area contributed by atoms with Crippen molar-refractivity contribution < 1.29 is 0 Å².